The van der Waals surface area contributed by atoms with Gasteiger partial charge in [0.05, 0.1) is 5.69 Å². The molecule has 0 aromatic carbocycles. The average molecular weight is 313 g/mol. The van der Waals surface area contributed by atoms with Gasteiger partial charge in [-0.25, -0.2) is 4.98 Å². The Labute approximate surface area is 134 Å². The third-order valence-corrected chi connectivity index (χ3v) is 4.40. The van der Waals surface area contributed by atoms with E-state index < -0.39 is 0 Å². The van der Waals surface area contributed by atoms with Crippen molar-refractivity contribution in [3.63, 3.8) is 0 Å². The van der Waals surface area contributed by atoms with Crippen molar-refractivity contribution in [1.29, 1.82) is 0 Å². The highest BCUT2D eigenvalue weighted by Crippen LogP contribution is 2.40. The first-order valence-electron chi connectivity index (χ1n) is 7.93. The minimum Gasteiger partial charge on any atom is -0.371 e. The molecule has 0 aliphatic carbocycles. The zero-order chi connectivity index (χ0) is 16.3. The Morgan fingerprint density at radius 3 is 2.19 bits per heavy atom. The summed E-state index contributed by atoms with van der Waals surface area (Å²) < 4.78 is 6.01. The van der Waals surface area contributed by atoms with Crippen LogP contribution in [0.3, 0.4) is 0 Å². The molecule has 0 radical (unpaired) electrons. The summed E-state index contributed by atoms with van der Waals surface area (Å²) in [5, 5.41) is 4.54. The Balaban J connectivity index is 3.21. The molecule has 4 heteroatoms. The molecule has 1 atom stereocenters. The number of rotatable bonds is 6. The van der Waals surface area contributed by atoms with E-state index in [-0.39, 0.29) is 16.9 Å². The van der Waals surface area contributed by atoms with Crippen LogP contribution in [-0.4, -0.2) is 18.1 Å². The first-order chi connectivity index (χ1) is 9.61. The molecule has 0 bridgehead atoms. The van der Waals surface area contributed by atoms with Gasteiger partial charge in [0.1, 0.15) is 11.1 Å². The maximum atomic E-state index is 6.01. The van der Waals surface area contributed by atoms with E-state index in [2.05, 4.69) is 60.7 Å². The molecule has 1 unspecified atom stereocenters. The monoisotopic (exact) mass is 312 g/mol. The van der Waals surface area contributed by atoms with Gasteiger partial charge in [-0.05, 0) is 18.9 Å². The second-order valence-corrected chi connectivity index (χ2v) is 8.67. The topological polar surface area (TPSA) is 34.1 Å². The molecule has 1 aromatic rings. The predicted octanol–water partition coefficient (Wildman–Crippen LogP) is 4.67. The summed E-state index contributed by atoms with van der Waals surface area (Å²) in [6.07, 6.45) is 0.0592. The Kier molecular flexibility index (Phi) is 6.38. The highest BCUT2D eigenvalue weighted by atomic mass is 32.1. The number of aromatic nitrogens is 1. The van der Waals surface area contributed by atoms with Crippen LogP contribution in [0.2, 0.25) is 0 Å². The maximum Gasteiger partial charge on any atom is 0.123 e. The van der Waals surface area contributed by atoms with Crippen LogP contribution in [0.1, 0.15) is 77.1 Å². The van der Waals surface area contributed by atoms with Crippen LogP contribution in [0.4, 0.5) is 0 Å². The minimum absolute atomic E-state index is 0.0540. The fraction of sp³-hybridized carbons (Fsp3) is 0.824. The van der Waals surface area contributed by atoms with E-state index in [0.717, 1.165) is 24.7 Å². The molecule has 122 valence electrons. The van der Waals surface area contributed by atoms with E-state index in [0.29, 0.717) is 0 Å². The summed E-state index contributed by atoms with van der Waals surface area (Å²) in [4.78, 5) is 6.31. The highest BCUT2D eigenvalue weighted by Gasteiger charge is 2.32. The normalized spacial score (nSPS) is 14.5. The smallest absolute Gasteiger partial charge is 0.123 e. The molecule has 21 heavy (non-hydrogen) atoms. The molecule has 1 rings (SSSR count). The molecular formula is C17H32N2OS. The lowest BCUT2D eigenvalue weighted by Gasteiger charge is -2.28. The van der Waals surface area contributed by atoms with Crippen LogP contribution in [0.15, 0.2) is 0 Å². The van der Waals surface area contributed by atoms with Crippen molar-refractivity contribution >= 4 is 11.3 Å². The van der Waals surface area contributed by atoms with Gasteiger partial charge in [-0.1, -0.05) is 48.5 Å². The van der Waals surface area contributed by atoms with E-state index in [1.165, 1.54) is 10.6 Å². The SMILES string of the molecule is CCNCc1sc(C(OCC)C(C)(C)C)nc1C(C)(C)C. The van der Waals surface area contributed by atoms with E-state index in [4.69, 9.17) is 9.72 Å². The van der Waals surface area contributed by atoms with Gasteiger partial charge in [0, 0.05) is 23.4 Å². The molecule has 0 fully saturated rings. The van der Waals surface area contributed by atoms with Crippen molar-refractivity contribution in [1.82, 2.24) is 10.3 Å². The number of nitrogens with zero attached hydrogens (tertiary/aromatic N) is 1. The number of hydrogen-bond donors (Lipinski definition) is 1. The minimum atomic E-state index is 0.0540. The fourth-order valence-electron chi connectivity index (χ4n) is 2.28. The molecule has 0 aliphatic heterocycles. The van der Waals surface area contributed by atoms with Gasteiger partial charge >= 0.3 is 0 Å². The van der Waals surface area contributed by atoms with Gasteiger partial charge in [0.2, 0.25) is 0 Å². The third-order valence-electron chi connectivity index (χ3n) is 3.30. The van der Waals surface area contributed by atoms with Crippen LogP contribution >= 0.6 is 11.3 Å². The number of ether oxygens (including phenoxy) is 1. The lowest BCUT2D eigenvalue weighted by atomic mass is 9.88. The van der Waals surface area contributed by atoms with Gasteiger partial charge in [-0.15, -0.1) is 11.3 Å². The summed E-state index contributed by atoms with van der Waals surface area (Å²) >= 11 is 1.80. The van der Waals surface area contributed by atoms with Crippen molar-refractivity contribution in [2.24, 2.45) is 5.41 Å². The second-order valence-electron chi connectivity index (χ2n) is 7.56. The lowest BCUT2D eigenvalue weighted by Crippen LogP contribution is -2.22. The molecule has 0 saturated heterocycles. The highest BCUT2D eigenvalue weighted by molar-refractivity contribution is 7.11. The molecule has 0 aliphatic rings. The molecule has 3 nitrogen and oxygen atoms in total. The van der Waals surface area contributed by atoms with Crippen molar-refractivity contribution in [3.8, 4) is 0 Å². The molecule has 1 heterocycles. The second kappa shape index (κ2) is 7.21. The summed E-state index contributed by atoms with van der Waals surface area (Å²) in [7, 11) is 0. The summed E-state index contributed by atoms with van der Waals surface area (Å²) in [6, 6.07) is 0. The molecular weight excluding hydrogens is 280 g/mol. The van der Waals surface area contributed by atoms with Gasteiger partial charge in [-0.3, -0.25) is 0 Å². The van der Waals surface area contributed by atoms with Crippen LogP contribution < -0.4 is 5.32 Å². The zero-order valence-electron chi connectivity index (χ0n) is 15.0. The van der Waals surface area contributed by atoms with E-state index in [9.17, 15) is 0 Å². The van der Waals surface area contributed by atoms with Crippen molar-refractivity contribution in [3.05, 3.63) is 15.6 Å². The summed E-state index contributed by atoms with van der Waals surface area (Å²) in [5.74, 6) is 0. The van der Waals surface area contributed by atoms with Crippen LogP contribution in [0.5, 0.6) is 0 Å². The van der Waals surface area contributed by atoms with Gasteiger partial charge < -0.3 is 10.1 Å². The van der Waals surface area contributed by atoms with E-state index in [1.807, 2.05) is 0 Å². The summed E-state index contributed by atoms with van der Waals surface area (Å²) in [5.41, 5.74) is 1.32. The van der Waals surface area contributed by atoms with Gasteiger partial charge in [0.15, 0.2) is 0 Å². The largest absolute Gasteiger partial charge is 0.371 e. The van der Waals surface area contributed by atoms with Crippen molar-refractivity contribution in [2.75, 3.05) is 13.2 Å². The van der Waals surface area contributed by atoms with Crippen LogP contribution in [0, 0.1) is 5.41 Å². The Morgan fingerprint density at radius 1 is 1.14 bits per heavy atom. The number of hydrogen-bond acceptors (Lipinski definition) is 4. The lowest BCUT2D eigenvalue weighted by molar-refractivity contribution is -0.0135. The van der Waals surface area contributed by atoms with Crippen LogP contribution in [-0.2, 0) is 16.7 Å². The third kappa shape index (κ3) is 5.04. The Hall–Kier alpha value is -0.450. The molecule has 1 aromatic heterocycles. The van der Waals surface area contributed by atoms with E-state index >= 15 is 0 Å². The molecule has 0 saturated carbocycles. The molecule has 0 amide bonds. The van der Waals surface area contributed by atoms with Gasteiger partial charge in [-0.2, -0.15) is 0 Å². The zero-order valence-corrected chi connectivity index (χ0v) is 15.8. The first kappa shape index (κ1) is 18.6. The predicted molar refractivity (Wildman–Crippen MR) is 92.0 cm³/mol. The van der Waals surface area contributed by atoms with E-state index in [1.54, 1.807) is 11.3 Å². The van der Waals surface area contributed by atoms with Gasteiger partial charge in [0.25, 0.3) is 0 Å². The Bertz CT molecular complexity index is 441. The quantitative estimate of drug-likeness (QED) is 0.828. The average Bonchev–Trinajstić information content (AvgIpc) is 2.75. The summed E-state index contributed by atoms with van der Waals surface area (Å²) in [6.45, 7) is 20.1. The Morgan fingerprint density at radius 2 is 1.76 bits per heavy atom. The fourth-order valence-corrected chi connectivity index (χ4v) is 3.83. The molecule has 1 N–H and O–H groups in total. The molecule has 0 spiro atoms. The number of nitrogens with one attached hydrogen (secondary N) is 1. The van der Waals surface area contributed by atoms with Crippen molar-refractivity contribution in [2.45, 2.75) is 73.5 Å². The van der Waals surface area contributed by atoms with Crippen LogP contribution in [0.25, 0.3) is 0 Å². The first-order valence-corrected chi connectivity index (χ1v) is 8.75. The van der Waals surface area contributed by atoms with Crippen molar-refractivity contribution < 1.29 is 4.74 Å². The standard InChI is InChI=1S/C17H32N2OS/c1-9-18-11-12-13(16(3,4)5)19-15(21-12)14(20-10-2)17(6,7)8/h14,18H,9-11H2,1-8H3. The maximum absolute atomic E-state index is 6.01. The number of thiazole rings is 1.